The molecule has 1 atom stereocenters. The van der Waals surface area contributed by atoms with E-state index in [9.17, 15) is 4.79 Å². The molecule has 22 heavy (non-hydrogen) atoms. The number of nitrogens with zero attached hydrogens (tertiary/aromatic N) is 2. The summed E-state index contributed by atoms with van der Waals surface area (Å²) in [5.74, 6) is 0.844. The molecule has 0 spiro atoms. The van der Waals surface area contributed by atoms with Gasteiger partial charge in [-0.2, -0.15) is 0 Å². The molecule has 1 rings (SSSR count). The van der Waals surface area contributed by atoms with E-state index in [0.717, 1.165) is 19.0 Å². The Kier molecular flexibility index (Phi) is 11.6. The van der Waals surface area contributed by atoms with Crippen LogP contribution in [0.25, 0.3) is 0 Å². The third-order valence-corrected chi connectivity index (χ3v) is 3.73. The van der Waals surface area contributed by atoms with Gasteiger partial charge >= 0.3 is 0 Å². The van der Waals surface area contributed by atoms with Crippen molar-refractivity contribution >= 4 is 35.8 Å². The van der Waals surface area contributed by atoms with Gasteiger partial charge in [-0.25, -0.2) is 0 Å². The number of hydrogen-bond acceptors (Lipinski definition) is 3. The number of amides is 1. The molecule has 1 fully saturated rings. The number of likely N-dealkylation sites (tertiary alicyclic amines) is 1. The van der Waals surface area contributed by atoms with Crippen molar-refractivity contribution in [2.75, 3.05) is 33.2 Å². The summed E-state index contributed by atoms with van der Waals surface area (Å²) in [6, 6.07) is 0.787. The fraction of sp³-hybridized carbons (Fsp3) is 0.867. The Morgan fingerprint density at radius 1 is 1.36 bits per heavy atom. The fourth-order valence-corrected chi connectivity index (χ4v) is 2.67. The molecule has 0 aromatic carbocycles. The maximum atomic E-state index is 11.6. The van der Waals surface area contributed by atoms with Crippen LogP contribution in [0.3, 0.4) is 0 Å². The average Bonchev–Trinajstić information content (AvgIpc) is 2.89. The van der Waals surface area contributed by atoms with Crippen molar-refractivity contribution in [1.29, 1.82) is 0 Å². The van der Waals surface area contributed by atoms with E-state index in [1.165, 1.54) is 19.4 Å². The zero-order valence-electron chi connectivity index (χ0n) is 14.3. The molecular weight excluding hydrogens is 393 g/mol. The second kappa shape index (κ2) is 11.9. The van der Waals surface area contributed by atoms with Gasteiger partial charge in [0.2, 0.25) is 5.91 Å². The zero-order chi connectivity index (χ0) is 15.7. The number of aliphatic imine (C=N–C) groups is 1. The Balaban J connectivity index is 0.00000441. The first-order valence-corrected chi connectivity index (χ1v) is 8.04. The van der Waals surface area contributed by atoms with Crippen molar-refractivity contribution < 1.29 is 4.79 Å². The lowest BCUT2D eigenvalue weighted by Crippen LogP contribution is -2.45. The minimum atomic E-state index is 0. The Morgan fingerprint density at radius 2 is 2.09 bits per heavy atom. The predicted octanol–water partition coefficient (Wildman–Crippen LogP) is 1.17. The van der Waals surface area contributed by atoms with Crippen molar-refractivity contribution in [3.63, 3.8) is 0 Å². The molecule has 1 unspecified atom stereocenters. The first kappa shape index (κ1) is 21.4. The largest absolute Gasteiger partial charge is 0.356 e. The number of rotatable bonds is 7. The van der Waals surface area contributed by atoms with Crippen LogP contribution in [0.1, 0.15) is 40.0 Å². The molecule has 0 bridgehead atoms. The molecule has 6 nitrogen and oxygen atoms in total. The van der Waals surface area contributed by atoms with Crippen molar-refractivity contribution in [1.82, 2.24) is 20.9 Å². The molecule has 1 aliphatic heterocycles. The molecular formula is C15H32IN5O. The van der Waals surface area contributed by atoms with Crippen molar-refractivity contribution in [2.45, 2.75) is 52.1 Å². The normalized spacial score (nSPS) is 19.0. The monoisotopic (exact) mass is 425 g/mol. The maximum absolute atomic E-state index is 11.6. The molecule has 0 aliphatic carbocycles. The van der Waals surface area contributed by atoms with Crippen LogP contribution in [0.15, 0.2) is 4.99 Å². The fourth-order valence-electron chi connectivity index (χ4n) is 2.67. The van der Waals surface area contributed by atoms with Gasteiger partial charge in [0.1, 0.15) is 0 Å². The highest BCUT2D eigenvalue weighted by Crippen LogP contribution is 2.15. The van der Waals surface area contributed by atoms with Crippen molar-refractivity contribution in [3.8, 4) is 0 Å². The summed E-state index contributed by atoms with van der Waals surface area (Å²) in [4.78, 5) is 18.3. The number of halogens is 1. The summed E-state index contributed by atoms with van der Waals surface area (Å²) >= 11 is 0. The van der Waals surface area contributed by atoms with Crippen LogP contribution in [-0.2, 0) is 4.79 Å². The molecule has 3 N–H and O–H groups in total. The number of likely N-dealkylation sites (N-methyl/N-ethyl adjacent to an activating group) is 1. The van der Waals surface area contributed by atoms with E-state index >= 15 is 0 Å². The van der Waals surface area contributed by atoms with Crippen LogP contribution < -0.4 is 16.0 Å². The van der Waals surface area contributed by atoms with Gasteiger partial charge in [-0.3, -0.25) is 14.7 Å². The molecule has 130 valence electrons. The van der Waals surface area contributed by atoms with Gasteiger partial charge < -0.3 is 16.0 Å². The first-order chi connectivity index (χ1) is 10.1. The summed E-state index contributed by atoms with van der Waals surface area (Å²) < 4.78 is 0. The van der Waals surface area contributed by atoms with Crippen molar-refractivity contribution in [2.24, 2.45) is 4.99 Å². The Hall–Kier alpha value is -0.570. The molecule has 0 saturated carbocycles. The maximum Gasteiger partial charge on any atom is 0.221 e. The lowest BCUT2D eigenvalue weighted by atomic mass is 10.2. The van der Waals surface area contributed by atoms with Crippen molar-refractivity contribution in [3.05, 3.63) is 0 Å². The minimum Gasteiger partial charge on any atom is -0.356 e. The minimum absolute atomic E-state index is 0. The molecule has 1 heterocycles. The summed E-state index contributed by atoms with van der Waals surface area (Å²) in [5.41, 5.74) is 0. The van der Waals surface area contributed by atoms with Gasteiger partial charge in [0, 0.05) is 38.6 Å². The van der Waals surface area contributed by atoms with Gasteiger partial charge in [-0.15, -0.1) is 24.0 Å². The SMILES string of the molecule is CCN1CCCC1CNC(=NC)NCCC(=O)NC(C)C.I. The zero-order valence-corrected chi connectivity index (χ0v) is 16.6. The standard InChI is InChI=1S/C15H31N5O.HI/c1-5-20-10-6-7-13(20)11-18-15(16-4)17-9-8-14(21)19-12(2)3;/h12-13H,5-11H2,1-4H3,(H,19,21)(H2,16,17,18);1H. The third-order valence-electron chi connectivity index (χ3n) is 3.73. The second-order valence-corrected chi connectivity index (χ2v) is 5.78. The molecule has 1 amide bonds. The van der Waals surface area contributed by atoms with Crippen LogP contribution in [0.4, 0.5) is 0 Å². The number of carbonyl (C=O) groups excluding carboxylic acids is 1. The molecule has 1 saturated heterocycles. The smallest absolute Gasteiger partial charge is 0.221 e. The van der Waals surface area contributed by atoms with E-state index in [4.69, 9.17) is 0 Å². The first-order valence-electron chi connectivity index (χ1n) is 8.04. The van der Waals surface area contributed by atoms with Crippen LogP contribution in [0, 0.1) is 0 Å². The van der Waals surface area contributed by atoms with Gasteiger partial charge in [0.25, 0.3) is 0 Å². The van der Waals surface area contributed by atoms with E-state index in [0.29, 0.717) is 19.0 Å². The predicted molar refractivity (Wildman–Crippen MR) is 103 cm³/mol. The molecule has 0 aromatic heterocycles. The Labute approximate surface area is 151 Å². The molecule has 7 heteroatoms. The molecule has 0 aromatic rings. The van der Waals surface area contributed by atoms with E-state index < -0.39 is 0 Å². The highest BCUT2D eigenvalue weighted by molar-refractivity contribution is 14.0. The topological polar surface area (TPSA) is 68.8 Å². The highest BCUT2D eigenvalue weighted by atomic mass is 127. The second-order valence-electron chi connectivity index (χ2n) is 5.78. The lowest BCUT2D eigenvalue weighted by molar-refractivity contribution is -0.121. The lowest BCUT2D eigenvalue weighted by Gasteiger charge is -2.23. The summed E-state index contributed by atoms with van der Waals surface area (Å²) in [5, 5.41) is 9.42. The van der Waals surface area contributed by atoms with E-state index in [1.54, 1.807) is 7.05 Å². The Morgan fingerprint density at radius 3 is 2.68 bits per heavy atom. The number of hydrogen-bond donors (Lipinski definition) is 3. The van der Waals surface area contributed by atoms with Crippen LogP contribution in [0.2, 0.25) is 0 Å². The summed E-state index contributed by atoms with van der Waals surface area (Å²) in [6.07, 6.45) is 2.99. The van der Waals surface area contributed by atoms with Gasteiger partial charge in [0.15, 0.2) is 5.96 Å². The number of guanidine groups is 1. The summed E-state index contributed by atoms with van der Waals surface area (Å²) in [7, 11) is 1.76. The highest BCUT2D eigenvalue weighted by Gasteiger charge is 2.22. The van der Waals surface area contributed by atoms with Crippen LogP contribution >= 0.6 is 24.0 Å². The van der Waals surface area contributed by atoms with Gasteiger partial charge in [-0.1, -0.05) is 6.92 Å². The quantitative estimate of drug-likeness (QED) is 0.326. The van der Waals surface area contributed by atoms with Crippen LogP contribution in [-0.4, -0.2) is 62.1 Å². The Bertz CT molecular complexity index is 349. The average molecular weight is 425 g/mol. The van der Waals surface area contributed by atoms with Gasteiger partial charge in [-0.05, 0) is 39.8 Å². The third kappa shape index (κ3) is 8.17. The van der Waals surface area contributed by atoms with E-state index in [2.05, 4.69) is 32.8 Å². The molecule has 0 radical (unpaired) electrons. The number of nitrogens with one attached hydrogen (secondary N) is 3. The van der Waals surface area contributed by atoms with E-state index in [-0.39, 0.29) is 35.9 Å². The van der Waals surface area contributed by atoms with Gasteiger partial charge in [0.05, 0.1) is 0 Å². The summed E-state index contributed by atoms with van der Waals surface area (Å²) in [6.45, 7) is 9.95. The van der Waals surface area contributed by atoms with E-state index in [1.807, 2.05) is 13.8 Å². The van der Waals surface area contributed by atoms with Crippen LogP contribution in [0.5, 0.6) is 0 Å². The molecule has 1 aliphatic rings. The number of carbonyl (C=O) groups is 1.